The predicted molar refractivity (Wildman–Crippen MR) is 112 cm³/mol. The van der Waals surface area contributed by atoms with Gasteiger partial charge < -0.3 is 29.2 Å². The van der Waals surface area contributed by atoms with Gasteiger partial charge in [-0.3, -0.25) is 4.99 Å². The van der Waals surface area contributed by atoms with Crippen LogP contribution in [0.2, 0.25) is 0 Å². The number of hydrogen-bond donors (Lipinski definition) is 2. The second-order valence-electron chi connectivity index (χ2n) is 8.14. The van der Waals surface area contributed by atoms with E-state index in [1.807, 2.05) is 0 Å². The van der Waals surface area contributed by atoms with Crippen LogP contribution < -0.4 is 5.32 Å². The van der Waals surface area contributed by atoms with Crippen LogP contribution in [0.5, 0.6) is 5.88 Å². The zero-order chi connectivity index (χ0) is 19.6. The van der Waals surface area contributed by atoms with Crippen molar-refractivity contribution >= 4 is 22.3 Å². The summed E-state index contributed by atoms with van der Waals surface area (Å²) in [6.07, 6.45) is 2.92. The van der Waals surface area contributed by atoms with E-state index in [0.717, 1.165) is 80.1 Å². The molecule has 0 saturated carbocycles. The van der Waals surface area contributed by atoms with E-state index in [1.165, 1.54) is 0 Å². The third kappa shape index (κ3) is 3.74. The highest BCUT2D eigenvalue weighted by Crippen LogP contribution is 2.39. The SMILES string of the molecule is Oc1c(C2=NCCOC2)c2cc(NCC3CCOC3)ccc2n1C1CCOCC1. The van der Waals surface area contributed by atoms with Gasteiger partial charge in [0.05, 0.1) is 43.2 Å². The summed E-state index contributed by atoms with van der Waals surface area (Å²) in [7, 11) is 0. The normalized spacial score (nSPS) is 23.4. The standard InChI is InChI=1S/C22H29N3O4/c26-22-21(19-14-29-10-6-23-19)18-11-16(24-12-15-3-7-28-13-15)1-2-20(18)25(22)17-4-8-27-9-5-17/h1-2,11,15,17,24,26H,3-10,12-14H2. The fourth-order valence-corrected chi connectivity index (χ4v) is 4.63. The van der Waals surface area contributed by atoms with E-state index in [-0.39, 0.29) is 6.04 Å². The molecule has 7 nitrogen and oxygen atoms in total. The zero-order valence-electron chi connectivity index (χ0n) is 16.7. The molecule has 0 spiro atoms. The van der Waals surface area contributed by atoms with Gasteiger partial charge in [0, 0.05) is 49.4 Å². The molecule has 1 aromatic heterocycles. The summed E-state index contributed by atoms with van der Waals surface area (Å²) >= 11 is 0. The van der Waals surface area contributed by atoms with Crippen LogP contribution in [0.1, 0.15) is 30.9 Å². The fourth-order valence-electron chi connectivity index (χ4n) is 4.63. The number of hydrogen-bond acceptors (Lipinski definition) is 6. The number of aliphatic imine (C=N–C) groups is 1. The van der Waals surface area contributed by atoms with Crippen molar-refractivity contribution in [1.82, 2.24) is 4.57 Å². The van der Waals surface area contributed by atoms with E-state index >= 15 is 0 Å². The molecule has 3 aliphatic heterocycles. The number of nitrogens with one attached hydrogen (secondary N) is 1. The molecule has 2 N–H and O–H groups in total. The Kier molecular flexibility index (Phi) is 5.44. The highest BCUT2D eigenvalue weighted by atomic mass is 16.5. The van der Waals surface area contributed by atoms with Crippen molar-refractivity contribution < 1.29 is 19.3 Å². The minimum atomic E-state index is 0.236. The number of anilines is 1. The second kappa shape index (κ2) is 8.34. The molecule has 4 heterocycles. The number of ether oxygens (including phenoxy) is 3. The van der Waals surface area contributed by atoms with Crippen LogP contribution in [-0.4, -0.2) is 68.1 Å². The van der Waals surface area contributed by atoms with Crippen molar-refractivity contribution in [3.63, 3.8) is 0 Å². The minimum absolute atomic E-state index is 0.236. The summed E-state index contributed by atoms with van der Waals surface area (Å²) in [5.74, 6) is 0.860. The average molecular weight is 399 g/mol. The monoisotopic (exact) mass is 399 g/mol. The molecule has 5 rings (SSSR count). The molecule has 0 radical (unpaired) electrons. The molecule has 0 amide bonds. The number of aromatic nitrogens is 1. The van der Waals surface area contributed by atoms with E-state index in [0.29, 0.717) is 31.6 Å². The van der Waals surface area contributed by atoms with Crippen molar-refractivity contribution in [1.29, 1.82) is 0 Å². The summed E-state index contributed by atoms with van der Waals surface area (Å²) in [6, 6.07) is 6.61. The Morgan fingerprint density at radius 3 is 2.69 bits per heavy atom. The van der Waals surface area contributed by atoms with Crippen LogP contribution in [0.25, 0.3) is 10.9 Å². The van der Waals surface area contributed by atoms with Crippen molar-refractivity contribution in [3.05, 3.63) is 23.8 Å². The van der Waals surface area contributed by atoms with E-state index in [2.05, 4.69) is 33.1 Å². The van der Waals surface area contributed by atoms with Gasteiger partial charge in [0.1, 0.15) is 0 Å². The first-order valence-electron chi connectivity index (χ1n) is 10.7. The lowest BCUT2D eigenvalue weighted by Crippen LogP contribution is -2.20. The van der Waals surface area contributed by atoms with Gasteiger partial charge >= 0.3 is 0 Å². The largest absolute Gasteiger partial charge is 0.494 e. The summed E-state index contributed by atoms with van der Waals surface area (Å²) < 4.78 is 18.7. The lowest BCUT2D eigenvalue weighted by atomic mass is 10.1. The Hall–Kier alpha value is -2.09. The van der Waals surface area contributed by atoms with Gasteiger partial charge in [-0.1, -0.05) is 0 Å². The second-order valence-corrected chi connectivity index (χ2v) is 8.14. The lowest BCUT2D eigenvalue weighted by molar-refractivity contribution is 0.0688. The zero-order valence-corrected chi connectivity index (χ0v) is 16.7. The van der Waals surface area contributed by atoms with Crippen LogP contribution in [0.15, 0.2) is 23.2 Å². The average Bonchev–Trinajstić information content (AvgIpc) is 3.38. The molecule has 3 aliphatic rings. The molecule has 2 fully saturated rings. The van der Waals surface area contributed by atoms with E-state index < -0.39 is 0 Å². The van der Waals surface area contributed by atoms with Gasteiger partial charge in [0.25, 0.3) is 0 Å². The fraction of sp³-hybridized carbons (Fsp3) is 0.591. The molecule has 1 aromatic carbocycles. The van der Waals surface area contributed by atoms with Crippen molar-refractivity contribution in [2.75, 3.05) is 58.0 Å². The molecule has 2 aromatic rings. The smallest absolute Gasteiger partial charge is 0.201 e. The Morgan fingerprint density at radius 2 is 1.93 bits per heavy atom. The summed E-state index contributed by atoms with van der Waals surface area (Å²) in [6.45, 7) is 5.76. The van der Waals surface area contributed by atoms with Crippen molar-refractivity contribution in [2.24, 2.45) is 10.9 Å². The van der Waals surface area contributed by atoms with Gasteiger partial charge in [-0.15, -0.1) is 0 Å². The van der Waals surface area contributed by atoms with Crippen LogP contribution in [-0.2, 0) is 14.2 Å². The third-order valence-electron chi connectivity index (χ3n) is 6.22. The molecule has 156 valence electrons. The van der Waals surface area contributed by atoms with Crippen LogP contribution in [0.3, 0.4) is 0 Å². The van der Waals surface area contributed by atoms with Gasteiger partial charge in [-0.2, -0.15) is 0 Å². The Bertz CT molecular complexity index is 895. The van der Waals surface area contributed by atoms with Gasteiger partial charge in [-0.05, 0) is 37.5 Å². The van der Waals surface area contributed by atoms with Gasteiger partial charge in [0.2, 0.25) is 5.88 Å². The topological polar surface area (TPSA) is 77.2 Å². The predicted octanol–water partition coefficient (Wildman–Crippen LogP) is 2.97. The molecular formula is C22H29N3O4. The van der Waals surface area contributed by atoms with Crippen molar-refractivity contribution in [2.45, 2.75) is 25.3 Å². The third-order valence-corrected chi connectivity index (χ3v) is 6.22. The maximum Gasteiger partial charge on any atom is 0.201 e. The van der Waals surface area contributed by atoms with Crippen LogP contribution in [0, 0.1) is 5.92 Å². The van der Waals surface area contributed by atoms with Gasteiger partial charge in [0.15, 0.2) is 0 Å². The molecule has 29 heavy (non-hydrogen) atoms. The first kappa shape index (κ1) is 18.9. The molecule has 7 heteroatoms. The quantitative estimate of drug-likeness (QED) is 0.808. The van der Waals surface area contributed by atoms with Crippen LogP contribution in [0.4, 0.5) is 5.69 Å². The molecule has 1 atom stereocenters. The highest BCUT2D eigenvalue weighted by molar-refractivity contribution is 6.14. The molecule has 0 bridgehead atoms. The van der Waals surface area contributed by atoms with Gasteiger partial charge in [-0.25, -0.2) is 0 Å². The summed E-state index contributed by atoms with van der Waals surface area (Å²) in [4.78, 5) is 4.66. The number of fused-ring (bicyclic) bond motifs is 1. The Labute approximate surface area is 170 Å². The Morgan fingerprint density at radius 1 is 1.07 bits per heavy atom. The molecule has 0 aliphatic carbocycles. The molecule has 2 saturated heterocycles. The van der Waals surface area contributed by atoms with E-state index in [1.54, 1.807) is 0 Å². The number of benzene rings is 1. The highest BCUT2D eigenvalue weighted by Gasteiger charge is 2.27. The first-order chi connectivity index (χ1) is 14.3. The van der Waals surface area contributed by atoms with Crippen molar-refractivity contribution in [3.8, 4) is 5.88 Å². The maximum atomic E-state index is 11.3. The lowest BCUT2D eigenvalue weighted by Gasteiger charge is -2.25. The van der Waals surface area contributed by atoms with Crippen LogP contribution >= 0.6 is 0 Å². The Balaban J connectivity index is 1.54. The van der Waals surface area contributed by atoms with E-state index in [4.69, 9.17) is 14.2 Å². The van der Waals surface area contributed by atoms with E-state index in [9.17, 15) is 5.11 Å². The molecular weight excluding hydrogens is 370 g/mol. The number of aromatic hydroxyl groups is 1. The minimum Gasteiger partial charge on any atom is -0.494 e. The maximum absolute atomic E-state index is 11.3. The summed E-state index contributed by atoms with van der Waals surface area (Å²) in [5, 5.41) is 15.8. The number of nitrogens with zero attached hydrogens (tertiary/aromatic N) is 2. The first-order valence-corrected chi connectivity index (χ1v) is 10.7. The number of rotatable bonds is 5. The summed E-state index contributed by atoms with van der Waals surface area (Å²) in [5.41, 5.74) is 3.77. The molecule has 1 unspecified atom stereocenters.